The van der Waals surface area contributed by atoms with Crippen molar-refractivity contribution < 1.29 is 28.0 Å². The molecule has 0 saturated carbocycles. The molecule has 1 amide bonds. The zero-order valence-corrected chi connectivity index (χ0v) is 18.7. The molecule has 13 heteroatoms. The van der Waals surface area contributed by atoms with E-state index in [2.05, 4.69) is 31.1 Å². The number of benzene rings is 1. The summed E-state index contributed by atoms with van der Waals surface area (Å²) >= 11 is 0. The highest BCUT2D eigenvalue weighted by atomic mass is 32.2. The number of oxime groups is 1. The van der Waals surface area contributed by atoms with E-state index in [1.54, 1.807) is 6.07 Å². The van der Waals surface area contributed by atoms with Crippen LogP contribution in [0.5, 0.6) is 0 Å². The van der Waals surface area contributed by atoms with E-state index in [0.717, 1.165) is 0 Å². The Labute approximate surface area is 191 Å². The normalized spacial score (nSPS) is 19.6. The summed E-state index contributed by atoms with van der Waals surface area (Å²) in [5, 5.41) is 25.4. The van der Waals surface area contributed by atoms with Crippen molar-refractivity contribution >= 4 is 27.6 Å². The molecule has 0 fully saturated rings. The van der Waals surface area contributed by atoms with E-state index in [-0.39, 0.29) is 36.3 Å². The number of carboxylic acids is 1. The molecule has 0 spiro atoms. The van der Waals surface area contributed by atoms with Gasteiger partial charge in [0.2, 0.25) is 15.7 Å². The number of nitrogens with zero attached hydrogens (tertiary/aromatic N) is 1. The van der Waals surface area contributed by atoms with Gasteiger partial charge in [0.15, 0.2) is 0 Å². The molecular formula is C20H28N6O6S. The number of amides is 1. The predicted octanol–water partition coefficient (Wildman–Crippen LogP) is -0.612. The van der Waals surface area contributed by atoms with Crippen LogP contribution in [0.3, 0.4) is 0 Å². The molecule has 3 rings (SSSR count). The van der Waals surface area contributed by atoms with Crippen LogP contribution in [0.4, 0.5) is 0 Å². The zero-order chi connectivity index (χ0) is 23.7. The average Bonchev–Trinajstić information content (AvgIpc) is 3.35. The average molecular weight is 481 g/mol. The van der Waals surface area contributed by atoms with Gasteiger partial charge in [-0.15, -0.1) is 0 Å². The molecule has 0 aromatic heterocycles. The number of sulfonamides is 1. The van der Waals surface area contributed by atoms with E-state index in [4.69, 9.17) is 4.84 Å². The second-order valence-corrected chi connectivity index (χ2v) is 9.21. The molecule has 12 nitrogen and oxygen atoms in total. The number of nitrogens with one attached hydrogen (secondary N) is 5. The standard InChI is InChI=1S/C20H28N6O6S/c27-17(16-9-14-32-25-16)24-20(18(28)29,26-33(30,31)15-7-2-1-3-8-15)10-4-5-11-21-19-22-12-6-13-23-19/h1-3,6-8,12,19,21-23,26H,4-5,9-11,13-14H2,(H,24,27)(H,28,29). The lowest BCUT2D eigenvalue weighted by Crippen LogP contribution is -2.66. The SMILES string of the molecule is O=C(NC(CCCCNC1NC=CCN1)(NS(=O)(=O)c1ccccc1)C(=O)O)C1=NOCC1. The van der Waals surface area contributed by atoms with Crippen LogP contribution in [0.1, 0.15) is 25.7 Å². The smallest absolute Gasteiger partial charge is 0.345 e. The monoisotopic (exact) mass is 480 g/mol. The van der Waals surface area contributed by atoms with Crippen molar-refractivity contribution in [1.29, 1.82) is 0 Å². The Morgan fingerprint density at radius 1 is 1.24 bits per heavy atom. The van der Waals surface area contributed by atoms with Crippen molar-refractivity contribution in [3.8, 4) is 0 Å². The minimum absolute atomic E-state index is 0.00343. The quantitative estimate of drug-likeness (QED) is 0.169. The third-order valence-electron chi connectivity index (χ3n) is 5.07. The Kier molecular flexibility index (Phi) is 8.38. The second-order valence-electron chi connectivity index (χ2n) is 7.53. The summed E-state index contributed by atoms with van der Waals surface area (Å²) < 4.78 is 28.1. The molecule has 2 aliphatic rings. The predicted molar refractivity (Wildman–Crippen MR) is 119 cm³/mol. The summed E-state index contributed by atoms with van der Waals surface area (Å²) in [4.78, 5) is 29.7. The topological polar surface area (TPSA) is 170 Å². The highest BCUT2D eigenvalue weighted by molar-refractivity contribution is 7.89. The molecule has 2 atom stereocenters. The van der Waals surface area contributed by atoms with Gasteiger partial charge in [0.05, 0.1) is 4.90 Å². The van der Waals surface area contributed by atoms with Gasteiger partial charge < -0.3 is 20.6 Å². The molecule has 2 aliphatic heterocycles. The molecule has 0 radical (unpaired) electrons. The number of aliphatic carboxylic acids is 1. The first kappa shape index (κ1) is 24.6. The van der Waals surface area contributed by atoms with Crippen LogP contribution in [0.2, 0.25) is 0 Å². The minimum atomic E-state index is -4.25. The fraction of sp³-hybridized carbons (Fsp3) is 0.450. The van der Waals surface area contributed by atoms with E-state index in [0.29, 0.717) is 25.9 Å². The molecular weight excluding hydrogens is 452 g/mol. The molecule has 1 aromatic rings. The molecule has 2 heterocycles. The van der Waals surface area contributed by atoms with E-state index < -0.39 is 27.6 Å². The van der Waals surface area contributed by atoms with Gasteiger partial charge in [0.25, 0.3) is 5.91 Å². The Bertz CT molecular complexity index is 1000. The van der Waals surface area contributed by atoms with Crippen LogP contribution in [0, 0.1) is 0 Å². The van der Waals surface area contributed by atoms with Crippen molar-refractivity contribution in [2.24, 2.45) is 5.16 Å². The van der Waals surface area contributed by atoms with Crippen LogP contribution >= 0.6 is 0 Å². The van der Waals surface area contributed by atoms with Gasteiger partial charge in [-0.2, -0.15) is 4.72 Å². The summed E-state index contributed by atoms with van der Waals surface area (Å²) in [6, 6.07) is 7.37. The lowest BCUT2D eigenvalue weighted by Gasteiger charge is -2.31. The highest BCUT2D eigenvalue weighted by Gasteiger charge is 2.44. The first-order valence-electron chi connectivity index (χ1n) is 10.5. The number of carbonyl (C=O) groups is 2. The van der Waals surface area contributed by atoms with Crippen molar-refractivity contribution in [3.63, 3.8) is 0 Å². The van der Waals surface area contributed by atoms with E-state index in [9.17, 15) is 23.1 Å². The fourth-order valence-electron chi connectivity index (χ4n) is 3.32. The van der Waals surface area contributed by atoms with Crippen LogP contribution in [-0.2, 0) is 24.4 Å². The third kappa shape index (κ3) is 6.74. The van der Waals surface area contributed by atoms with Crippen LogP contribution in [0.25, 0.3) is 0 Å². The minimum Gasteiger partial charge on any atom is -0.478 e. The number of hydrogen-bond donors (Lipinski definition) is 6. The Morgan fingerprint density at radius 2 is 2.03 bits per heavy atom. The van der Waals surface area contributed by atoms with Gasteiger partial charge in [-0.25, -0.2) is 13.2 Å². The van der Waals surface area contributed by atoms with Gasteiger partial charge >= 0.3 is 5.97 Å². The van der Waals surface area contributed by atoms with Crippen molar-refractivity contribution in [2.45, 2.75) is 42.5 Å². The largest absolute Gasteiger partial charge is 0.478 e. The number of hydrogen-bond acceptors (Lipinski definition) is 9. The lowest BCUT2D eigenvalue weighted by molar-refractivity contribution is -0.148. The third-order valence-corrected chi connectivity index (χ3v) is 6.58. The van der Waals surface area contributed by atoms with Gasteiger partial charge in [-0.05, 0) is 44.1 Å². The van der Waals surface area contributed by atoms with E-state index >= 15 is 0 Å². The first-order valence-corrected chi connectivity index (χ1v) is 12.0. The molecule has 33 heavy (non-hydrogen) atoms. The zero-order valence-electron chi connectivity index (χ0n) is 17.9. The summed E-state index contributed by atoms with van der Waals surface area (Å²) in [6.45, 7) is 1.45. The number of carboxylic acid groups (broad SMARTS) is 1. The number of carbonyl (C=O) groups excluding carboxylic acids is 1. The molecule has 6 N–H and O–H groups in total. The van der Waals surface area contributed by atoms with Gasteiger partial charge in [-0.3, -0.25) is 15.4 Å². The molecule has 0 aliphatic carbocycles. The molecule has 0 saturated heterocycles. The van der Waals surface area contributed by atoms with Crippen molar-refractivity contribution in [2.75, 3.05) is 19.7 Å². The number of rotatable bonds is 12. The van der Waals surface area contributed by atoms with Crippen LogP contribution in [-0.4, -0.2) is 62.8 Å². The fourth-order valence-corrected chi connectivity index (χ4v) is 4.66. The van der Waals surface area contributed by atoms with Gasteiger partial charge in [0.1, 0.15) is 18.6 Å². The maximum atomic E-state index is 12.9. The Hall–Kier alpha value is -3.00. The highest BCUT2D eigenvalue weighted by Crippen LogP contribution is 2.18. The van der Waals surface area contributed by atoms with Gasteiger partial charge in [-0.1, -0.05) is 29.4 Å². The summed E-state index contributed by atoms with van der Waals surface area (Å²) in [5.74, 6) is -2.32. The van der Waals surface area contributed by atoms with E-state index in [1.165, 1.54) is 24.3 Å². The van der Waals surface area contributed by atoms with E-state index in [1.807, 2.05) is 12.3 Å². The summed E-state index contributed by atoms with van der Waals surface area (Å²) in [5.41, 5.74) is -2.26. The number of unbranched alkanes of at least 4 members (excludes halogenated alkanes) is 1. The van der Waals surface area contributed by atoms with Crippen molar-refractivity contribution in [3.05, 3.63) is 42.6 Å². The molecule has 180 valence electrons. The molecule has 1 aromatic carbocycles. The Balaban J connectivity index is 1.72. The summed E-state index contributed by atoms with van der Waals surface area (Å²) in [7, 11) is -4.25. The lowest BCUT2D eigenvalue weighted by atomic mass is 10.0. The molecule has 0 bridgehead atoms. The van der Waals surface area contributed by atoms with Crippen LogP contribution in [0.15, 0.2) is 52.7 Å². The summed E-state index contributed by atoms with van der Waals surface area (Å²) in [6.07, 6.45) is 4.51. The first-order chi connectivity index (χ1) is 15.8. The molecule has 2 unspecified atom stereocenters. The van der Waals surface area contributed by atoms with Gasteiger partial charge in [0, 0.05) is 13.0 Å². The maximum absolute atomic E-state index is 12.9. The van der Waals surface area contributed by atoms with Crippen molar-refractivity contribution in [1.82, 2.24) is 26.0 Å². The Morgan fingerprint density at radius 3 is 2.67 bits per heavy atom. The van der Waals surface area contributed by atoms with Crippen LogP contribution < -0.4 is 26.0 Å². The maximum Gasteiger partial charge on any atom is 0.345 e. The second kappa shape index (κ2) is 11.2.